The van der Waals surface area contributed by atoms with Gasteiger partial charge in [-0.15, -0.1) is 138 Å². The minimum atomic E-state index is -0.826. The molecule has 0 nitrogen and oxygen atoms in total. The molecule has 4 aliphatic carbocycles. The SMILES string of the molecule is CC1(Cc2cc3c(-c4ccccc4)cccc3[cH-]2)CCCC1.CC1(Cc2cc3c(-c4ccccc4)cccc3[cH-]2)CCCC1.CC1(Cc2cc3c(-c4ccccc4)cccc3[cH-]2)CCCCC1.CC1(Cc2cc3c(-c4ccccc4)cccc3[cH-]2)CCCCC1.C[Si]C.C[Si]C.[Cl][Zr+2][Cl].[Cl][Zr+2][Cl]. The summed E-state index contributed by atoms with van der Waals surface area (Å²) in [7, 11) is 21.9. The van der Waals surface area contributed by atoms with Gasteiger partial charge >= 0.3 is 75.7 Å². The quantitative estimate of drug-likeness (QED) is 0.0845. The molecule has 0 saturated heterocycles. The first-order valence-electron chi connectivity index (χ1n) is 37.7. The van der Waals surface area contributed by atoms with Crippen molar-refractivity contribution in [2.75, 3.05) is 0 Å². The van der Waals surface area contributed by atoms with Gasteiger partial charge in [-0.1, -0.05) is 286 Å². The number of hydrogen-bond acceptors (Lipinski definition) is 0. The molecule has 0 N–H and O–H groups in total. The molecule has 0 aromatic heterocycles. The van der Waals surface area contributed by atoms with Crippen molar-refractivity contribution in [3.63, 3.8) is 0 Å². The molecule has 0 atom stereocenters. The molecule has 102 heavy (non-hydrogen) atoms. The van der Waals surface area contributed by atoms with E-state index in [4.69, 9.17) is 34.1 Å². The topological polar surface area (TPSA) is 0 Å². The van der Waals surface area contributed by atoms with E-state index in [2.05, 4.69) is 297 Å². The van der Waals surface area contributed by atoms with E-state index in [-0.39, 0.29) is 0 Å². The molecule has 0 unspecified atom stereocenters. The Morgan fingerprint density at radius 3 is 0.637 bits per heavy atom. The second-order valence-electron chi connectivity index (χ2n) is 30.8. The van der Waals surface area contributed by atoms with E-state index in [9.17, 15) is 0 Å². The van der Waals surface area contributed by atoms with E-state index in [1.54, 1.807) is 0 Å². The van der Waals surface area contributed by atoms with Crippen molar-refractivity contribution >= 4 is 96.2 Å². The summed E-state index contributed by atoms with van der Waals surface area (Å²) in [5.41, 5.74) is 18.9. The van der Waals surface area contributed by atoms with Crippen LogP contribution in [-0.2, 0) is 67.4 Å². The van der Waals surface area contributed by atoms with Gasteiger partial charge in [-0.2, -0.15) is 24.3 Å². The van der Waals surface area contributed by atoms with E-state index in [1.165, 1.54) is 251 Å². The second-order valence-corrected chi connectivity index (χ2v) is 40.2. The zero-order valence-corrected chi connectivity index (χ0v) is 72.1. The summed E-state index contributed by atoms with van der Waals surface area (Å²) < 4.78 is 0. The number of benzene rings is 8. The Balaban J connectivity index is 0.000000150. The van der Waals surface area contributed by atoms with Gasteiger partial charge in [0.25, 0.3) is 0 Å². The van der Waals surface area contributed by atoms with Gasteiger partial charge in [-0.3, -0.25) is 0 Å². The fourth-order valence-corrected chi connectivity index (χ4v) is 17.0. The summed E-state index contributed by atoms with van der Waals surface area (Å²) in [6.45, 7) is 18.5. The molecular weight excluding hydrogens is 1510 g/mol. The molecule has 0 spiro atoms. The first-order chi connectivity index (χ1) is 49.6. The number of hydrogen-bond donors (Lipinski definition) is 0. The monoisotopic (exact) mass is 1610 g/mol. The number of halogens is 4. The fraction of sp³-hybridized carbons (Fsp3) is 0.362. The Morgan fingerprint density at radius 2 is 0.451 bits per heavy atom. The molecule has 12 aromatic carbocycles. The molecule has 12 aromatic rings. The van der Waals surface area contributed by atoms with Crippen LogP contribution in [0.25, 0.3) is 87.6 Å². The standard InChI is InChI=1S/2C23H25.2C22H23.2C2H6Si.4ClH.2Zr/c2*1-23(13-6-3-7-14-23)17-18-15-20-11-8-12-21(22(20)16-18)19-9-4-2-5-10-19;2*1-22(12-5-6-13-22)16-17-14-19-10-7-11-20(21(19)15-17)18-8-3-2-4-9-18;2*1-3-2;;;;;;/h2*2,4-5,8-12,15-16H,3,6-7,13-14,17H2,1H3;2*2-4,7-11,14-15H,5-6,12-13,16H2,1H3;2*1-2H3;4*1H;;/q4*-1;;;;;;;2*+4/p-4. The van der Waals surface area contributed by atoms with Crippen LogP contribution >= 0.6 is 34.1 Å². The van der Waals surface area contributed by atoms with Crippen molar-refractivity contribution in [2.45, 2.75) is 195 Å². The average molecular weight is 1620 g/mol. The normalized spacial score (nSPS) is 15.8. The fourth-order valence-electron chi connectivity index (χ4n) is 17.0. The molecule has 4 aliphatic rings. The minimum absolute atomic E-state index is 0.509. The number of rotatable bonds is 12. The molecule has 528 valence electrons. The molecule has 4 saturated carbocycles. The Morgan fingerprint density at radius 1 is 0.275 bits per heavy atom. The van der Waals surface area contributed by atoms with E-state index in [0.717, 1.165) is 19.0 Å². The van der Waals surface area contributed by atoms with E-state index < -0.39 is 41.7 Å². The van der Waals surface area contributed by atoms with Gasteiger partial charge in [0, 0.05) is 19.0 Å². The third-order valence-corrected chi connectivity index (χ3v) is 21.8. The van der Waals surface area contributed by atoms with Crippen LogP contribution < -0.4 is 0 Å². The van der Waals surface area contributed by atoms with Crippen LogP contribution in [0.5, 0.6) is 0 Å². The van der Waals surface area contributed by atoms with Gasteiger partial charge in [-0.05, 0) is 121 Å². The van der Waals surface area contributed by atoms with E-state index in [0.29, 0.717) is 21.7 Å². The predicted octanol–water partition coefficient (Wildman–Crippen LogP) is 30.5. The Hall–Kier alpha value is -4.44. The van der Waals surface area contributed by atoms with Gasteiger partial charge < -0.3 is 0 Å². The molecule has 0 aliphatic heterocycles. The summed E-state index contributed by atoms with van der Waals surface area (Å²) in [5, 5.41) is 11.2. The first-order valence-corrected chi connectivity index (χ1v) is 54.3. The number of fused-ring (bicyclic) bond motifs is 4. The van der Waals surface area contributed by atoms with Crippen LogP contribution in [0.1, 0.15) is 166 Å². The van der Waals surface area contributed by atoms with Gasteiger partial charge in [0.05, 0.1) is 0 Å². The average Bonchev–Trinajstić information content (AvgIpc) is 1.67. The van der Waals surface area contributed by atoms with Crippen molar-refractivity contribution in [1.82, 2.24) is 0 Å². The summed E-state index contributed by atoms with van der Waals surface area (Å²) in [6, 6.07) is 89.2. The molecule has 4 radical (unpaired) electrons. The van der Waals surface area contributed by atoms with Crippen LogP contribution in [0.2, 0.25) is 26.2 Å². The van der Waals surface area contributed by atoms with Crippen molar-refractivity contribution in [3.05, 3.63) is 265 Å². The summed E-state index contributed by atoms with van der Waals surface area (Å²) >= 11 is -1.65. The molecular formula is C94H108Cl4Si2Zr2. The molecule has 16 rings (SSSR count). The van der Waals surface area contributed by atoms with Crippen LogP contribution in [0.3, 0.4) is 0 Å². The third kappa shape index (κ3) is 23.8. The first kappa shape index (κ1) is 81.6. The van der Waals surface area contributed by atoms with Crippen LogP contribution in [0, 0.1) is 21.7 Å². The van der Waals surface area contributed by atoms with Crippen molar-refractivity contribution in [3.8, 4) is 44.5 Å². The maximum absolute atomic E-state index is 4.93. The second kappa shape index (κ2) is 41.6. The van der Waals surface area contributed by atoms with Gasteiger partial charge in [-0.25, -0.2) is 0 Å². The van der Waals surface area contributed by atoms with Gasteiger partial charge in [0.1, 0.15) is 0 Å². The van der Waals surface area contributed by atoms with E-state index >= 15 is 0 Å². The molecule has 8 heteroatoms. The zero-order chi connectivity index (χ0) is 72.2. The van der Waals surface area contributed by atoms with Crippen molar-refractivity contribution in [1.29, 1.82) is 0 Å². The molecule has 0 amide bonds. The third-order valence-electron chi connectivity index (χ3n) is 21.8. The Kier molecular flexibility index (Phi) is 33.3. The van der Waals surface area contributed by atoms with Crippen molar-refractivity contribution in [2.24, 2.45) is 21.7 Å². The summed E-state index contributed by atoms with van der Waals surface area (Å²) in [6.07, 6.45) is 30.2. The van der Waals surface area contributed by atoms with Crippen LogP contribution in [-0.4, -0.2) is 19.0 Å². The summed E-state index contributed by atoms with van der Waals surface area (Å²) in [5.74, 6) is 0. The van der Waals surface area contributed by atoms with Gasteiger partial charge in [0.15, 0.2) is 0 Å². The van der Waals surface area contributed by atoms with E-state index in [1.807, 2.05) is 0 Å². The van der Waals surface area contributed by atoms with Gasteiger partial charge in [0.2, 0.25) is 0 Å². The van der Waals surface area contributed by atoms with Crippen LogP contribution in [0.15, 0.2) is 243 Å². The van der Waals surface area contributed by atoms with Crippen molar-refractivity contribution < 1.29 is 41.7 Å². The molecule has 4 fully saturated rings. The molecule has 0 heterocycles. The zero-order valence-electron chi connectivity index (χ0n) is 62.2. The predicted molar refractivity (Wildman–Crippen MR) is 449 cm³/mol. The summed E-state index contributed by atoms with van der Waals surface area (Å²) in [4.78, 5) is 0. The van der Waals surface area contributed by atoms with Crippen LogP contribution in [0.4, 0.5) is 0 Å². The maximum atomic E-state index is 4.93. The Bertz CT molecular complexity index is 4060. The molecule has 0 bridgehead atoms. The Labute approximate surface area is 657 Å².